The largest absolute Gasteiger partial charge is 0.493 e. The zero-order valence-corrected chi connectivity index (χ0v) is 25.3. The summed E-state index contributed by atoms with van der Waals surface area (Å²) in [5.74, 6) is 0.328. The molecule has 2 heterocycles. The van der Waals surface area contributed by atoms with Crippen molar-refractivity contribution in [2.24, 2.45) is 0 Å². The van der Waals surface area contributed by atoms with Crippen LogP contribution in [0.5, 0.6) is 11.5 Å². The van der Waals surface area contributed by atoms with Crippen LogP contribution in [0.4, 0.5) is 4.39 Å². The second-order valence-corrected chi connectivity index (χ2v) is 11.1. The lowest BCUT2D eigenvalue weighted by Gasteiger charge is -2.35. The first kappa shape index (κ1) is 31.3. The van der Waals surface area contributed by atoms with E-state index in [0.717, 1.165) is 45.2 Å². The molecule has 236 valence electrons. The van der Waals surface area contributed by atoms with E-state index in [1.54, 1.807) is 42.3 Å². The molecule has 1 N–H and O–H groups in total. The topological polar surface area (TPSA) is 124 Å². The molecule has 1 atom stereocenters. The fourth-order valence-corrected chi connectivity index (χ4v) is 5.73. The number of carbonyl (C=O) groups is 2. The first-order valence-electron chi connectivity index (χ1n) is 15.1. The lowest BCUT2D eigenvalue weighted by Crippen LogP contribution is -2.50. The third-order valence-corrected chi connectivity index (χ3v) is 8.15. The summed E-state index contributed by atoms with van der Waals surface area (Å²) >= 11 is 0. The van der Waals surface area contributed by atoms with E-state index in [9.17, 15) is 14.0 Å². The quantitative estimate of drug-likeness (QED) is 0.330. The van der Waals surface area contributed by atoms with E-state index >= 15 is 0 Å². The SMILES string of the molecule is COc1ccc(-c2nnn(CC(=O)N(CCN3CCOCC3)[C@H](C(=O)NC3CCCCC3)c3ccc(F)cc3)n2)cc1OC. The Bertz CT molecular complexity index is 1390. The number of nitrogens with one attached hydrogen (secondary N) is 1. The predicted octanol–water partition coefficient (Wildman–Crippen LogP) is 2.85. The second-order valence-electron chi connectivity index (χ2n) is 11.1. The molecule has 5 rings (SSSR count). The number of ether oxygens (including phenoxy) is 3. The highest BCUT2D eigenvalue weighted by atomic mass is 19.1. The number of methoxy groups -OCH3 is 2. The third-order valence-electron chi connectivity index (χ3n) is 8.15. The van der Waals surface area contributed by atoms with Gasteiger partial charge in [0.15, 0.2) is 11.5 Å². The van der Waals surface area contributed by atoms with Crippen molar-refractivity contribution >= 4 is 11.8 Å². The maximum absolute atomic E-state index is 14.1. The number of nitrogens with zero attached hydrogens (tertiary/aromatic N) is 6. The molecule has 12 nitrogen and oxygen atoms in total. The van der Waals surface area contributed by atoms with Crippen LogP contribution in [-0.2, 0) is 20.9 Å². The minimum absolute atomic E-state index is 0.0384. The number of tetrazole rings is 1. The van der Waals surface area contributed by atoms with E-state index in [1.165, 1.54) is 24.0 Å². The number of halogens is 1. The van der Waals surface area contributed by atoms with Gasteiger partial charge in [-0.05, 0) is 54.0 Å². The van der Waals surface area contributed by atoms with E-state index in [4.69, 9.17) is 14.2 Å². The Hall–Kier alpha value is -4.10. The standard InChI is InChI=1S/C31H40FN7O5/c1-42-26-13-10-23(20-27(26)43-2)30-34-36-39(35-30)21-28(40)38(15-14-37-16-18-44-19-17-37)29(22-8-11-24(32)12-9-22)31(41)33-25-6-4-3-5-7-25/h8-13,20,25,29H,3-7,14-19,21H2,1-2H3,(H,33,41)/t29-/m0/s1. The molecule has 0 spiro atoms. The summed E-state index contributed by atoms with van der Waals surface area (Å²) in [5.41, 5.74) is 1.18. The average Bonchev–Trinajstić information content (AvgIpc) is 3.52. The monoisotopic (exact) mass is 609 g/mol. The molecule has 1 aromatic heterocycles. The zero-order valence-electron chi connectivity index (χ0n) is 25.3. The van der Waals surface area contributed by atoms with Crippen LogP contribution in [0.1, 0.15) is 43.7 Å². The Morgan fingerprint density at radius 1 is 1.05 bits per heavy atom. The number of aromatic nitrogens is 4. The van der Waals surface area contributed by atoms with Crippen LogP contribution in [-0.4, -0.2) is 101 Å². The summed E-state index contributed by atoms with van der Waals surface area (Å²) in [6.45, 7) is 3.27. The van der Waals surface area contributed by atoms with Crippen molar-refractivity contribution in [1.29, 1.82) is 0 Å². The fraction of sp³-hybridized carbons (Fsp3) is 0.516. The summed E-state index contributed by atoms with van der Waals surface area (Å²) in [6, 6.07) is 10.1. The number of rotatable bonds is 12. The second kappa shape index (κ2) is 15.1. The number of benzene rings is 2. The van der Waals surface area contributed by atoms with Crippen LogP contribution in [0.2, 0.25) is 0 Å². The molecular weight excluding hydrogens is 569 g/mol. The number of amides is 2. The zero-order chi connectivity index (χ0) is 30.9. The molecule has 0 radical (unpaired) electrons. The van der Waals surface area contributed by atoms with Crippen molar-refractivity contribution in [3.8, 4) is 22.9 Å². The normalized spacial score (nSPS) is 16.7. The van der Waals surface area contributed by atoms with E-state index in [0.29, 0.717) is 48.2 Å². The number of hydrogen-bond acceptors (Lipinski definition) is 9. The summed E-state index contributed by atoms with van der Waals surface area (Å²) in [5, 5.41) is 15.9. The Kier molecular flexibility index (Phi) is 10.7. The molecule has 2 aliphatic rings. The maximum atomic E-state index is 14.1. The Morgan fingerprint density at radius 3 is 2.48 bits per heavy atom. The number of morpholine rings is 1. The fourth-order valence-electron chi connectivity index (χ4n) is 5.73. The van der Waals surface area contributed by atoms with Gasteiger partial charge >= 0.3 is 0 Å². The summed E-state index contributed by atoms with van der Waals surface area (Å²) < 4.78 is 30.1. The van der Waals surface area contributed by atoms with Crippen LogP contribution in [0.3, 0.4) is 0 Å². The van der Waals surface area contributed by atoms with Gasteiger partial charge in [0.2, 0.25) is 17.6 Å². The highest BCUT2D eigenvalue weighted by Crippen LogP contribution is 2.31. The molecule has 1 saturated heterocycles. The third kappa shape index (κ3) is 7.88. The molecule has 2 aromatic carbocycles. The first-order chi connectivity index (χ1) is 21.4. The summed E-state index contributed by atoms with van der Waals surface area (Å²) in [6.07, 6.45) is 5.03. The van der Waals surface area contributed by atoms with Gasteiger partial charge in [-0.25, -0.2) is 4.39 Å². The highest BCUT2D eigenvalue weighted by Gasteiger charge is 2.34. The Morgan fingerprint density at radius 2 is 1.77 bits per heavy atom. The van der Waals surface area contributed by atoms with Crippen molar-refractivity contribution < 1.29 is 28.2 Å². The summed E-state index contributed by atoms with van der Waals surface area (Å²) in [4.78, 5) is 33.0. The van der Waals surface area contributed by atoms with Crippen molar-refractivity contribution in [2.75, 3.05) is 53.6 Å². The predicted molar refractivity (Wildman–Crippen MR) is 159 cm³/mol. The van der Waals surface area contributed by atoms with Crippen molar-refractivity contribution in [2.45, 2.75) is 50.7 Å². The van der Waals surface area contributed by atoms with Gasteiger partial charge in [-0.3, -0.25) is 14.5 Å². The molecule has 0 unspecified atom stereocenters. The minimum atomic E-state index is -0.958. The maximum Gasteiger partial charge on any atom is 0.247 e. The smallest absolute Gasteiger partial charge is 0.247 e. The van der Waals surface area contributed by atoms with Crippen LogP contribution in [0, 0.1) is 5.82 Å². The first-order valence-corrected chi connectivity index (χ1v) is 15.1. The molecule has 2 fully saturated rings. The van der Waals surface area contributed by atoms with Crippen LogP contribution in [0.25, 0.3) is 11.4 Å². The van der Waals surface area contributed by atoms with Crippen molar-refractivity contribution in [3.63, 3.8) is 0 Å². The lowest BCUT2D eigenvalue weighted by atomic mass is 9.94. The van der Waals surface area contributed by atoms with E-state index < -0.39 is 11.9 Å². The summed E-state index contributed by atoms with van der Waals surface area (Å²) in [7, 11) is 3.09. The highest BCUT2D eigenvalue weighted by molar-refractivity contribution is 5.89. The van der Waals surface area contributed by atoms with Crippen LogP contribution >= 0.6 is 0 Å². The molecule has 1 aliphatic carbocycles. The molecule has 0 bridgehead atoms. The minimum Gasteiger partial charge on any atom is -0.493 e. The lowest BCUT2D eigenvalue weighted by molar-refractivity contribution is -0.142. The van der Waals surface area contributed by atoms with E-state index in [2.05, 4.69) is 25.6 Å². The number of hydrogen-bond donors (Lipinski definition) is 1. The van der Waals surface area contributed by atoms with Gasteiger partial charge in [-0.15, -0.1) is 10.2 Å². The molecule has 3 aromatic rings. The molecule has 2 amide bonds. The van der Waals surface area contributed by atoms with Gasteiger partial charge in [-0.2, -0.15) is 4.80 Å². The molecule has 1 saturated carbocycles. The van der Waals surface area contributed by atoms with Gasteiger partial charge in [0.05, 0.1) is 27.4 Å². The van der Waals surface area contributed by atoms with E-state index in [-0.39, 0.29) is 30.9 Å². The Balaban J connectivity index is 1.41. The van der Waals surface area contributed by atoms with Crippen LogP contribution < -0.4 is 14.8 Å². The molecule has 13 heteroatoms. The Labute approximate surface area is 256 Å². The molecular formula is C31H40FN7O5. The van der Waals surface area contributed by atoms with E-state index in [1.807, 2.05) is 0 Å². The molecule has 1 aliphatic heterocycles. The number of carbonyl (C=O) groups excluding carboxylic acids is 2. The molecule has 44 heavy (non-hydrogen) atoms. The average molecular weight is 610 g/mol. The van der Waals surface area contributed by atoms with Gasteiger partial charge in [0.1, 0.15) is 18.4 Å². The van der Waals surface area contributed by atoms with Crippen LogP contribution in [0.15, 0.2) is 42.5 Å². The van der Waals surface area contributed by atoms with Crippen molar-refractivity contribution in [1.82, 2.24) is 35.3 Å². The van der Waals surface area contributed by atoms with Gasteiger partial charge < -0.3 is 24.4 Å². The van der Waals surface area contributed by atoms with Crippen molar-refractivity contribution in [3.05, 3.63) is 53.8 Å². The van der Waals surface area contributed by atoms with Gasteiger partial charge in [-0.1, -0.05) is 31.4 Å². The van der Waals surface area contributed by atoms with Gasteiger partial charge in [0, 0.05) is 37.8 Å². The van der Waals surface area contributed by atoms with Gasteiger partial charge in [0.25, 0.3) is 0 Å².